The smallest absolute Gasteiger partial charge is 0.286 e. The predicted octanol–water partition coefficient (Wildman–Crippen LogP) is 0.875. The molecule has 0 radical (unpaired) electrons. The Balaban J connectivity index is 1.58. The molecule has 0 fully saturated rings. The quantitative estimate of drug-likeness (QED) is 0.589. The van der Waals surface area contributed by atoms with Crippen LogP contribution in [0.4, 0.5) is 0 Å². The second-order valence-corrected chi connectivity index (χ2v) is 5.78. The number of aromatic amines is 1. The fourth-order valence-corrected chi connectivity index (χ4v) is 2.72. The number of nitrogens with one attached hydrogen (secondary N) is 1. The molecule has 4 aromatic rings. The minimum absolute atomic E-state index is 0.0162. The van der Waals surface area contributed by atoms with E-state index in [9.17, 15) is 9.59 Å². The Morgan fingerprint density at radius 2 is 2.15 bits per heavy atom. The summed E-state index contributed by atoms with van der Waals surface area (Å²) in [6.07, 6.45) is 6.16. The van der Waals surface area contributed by atoms with Crippen LogP contribution in [0.5, 0.6) is 0 Å². The fraction of sp³-hybridized carbons (Fsp3) is 0.118. The van der Waals surface area contributed by atoms with Gasteiger partial charge in [-0.1, -0.05) is 12.1 Å². The number of nitrogens with zero attached hydrogens (tertiary/aromatic N) is 6. The van der Waals surface area contributed by atoms with Gasteiger partial charge in [0.2, 0.25) is 0 Å². The number of hydrogen-bond donors (Lipinski definition) is 1. The number of fused-ring (bicyclic) bond motifs is 1. The van der Waals surface area contributed by atoms with Gasteiger partial charge in [0.25, 0.3) is 17.2 Å². The fourth-order valence-electron chi connectivity index (χ4n) is 2.72. The first-order valence-corrected chi connectivity index (χ1v) is 7.89. The molecule has 4 rings (SSSR count). The lowest BCUT2D eigenvalue weighted by Gasteiger charge is -2.17. The lowest BCUT2D eigenvalue weighted by Crippen LogP contribution is -2.33. The van der Waals surface area contributed by atoms with E-state index in [0.717, 1.165) is 15.8 Å². The first kappa shape index (κ1) is 15.8. The maximum atomic E-state index is 12.7. The van der Waals surface area contributed by atoms with E-state index in [0.29, 0.717) is 6.54 Å². The van der Waals surface area contributed by atoms with Crippen LogP contribution in [0.2, 0.25) is 0 Å². The first-order valence-electron chi connectivity index (χ1n) is 7.89. The number of aromatic nitrogens is 6. The van der Waals surface area contributed by atoms with Gasteiger partial charge in [-0.2, -0.15) is 9.61 Å². The molecule has 3 aromatic heterocycles. The first-order chi connectivity index (χ1) is 12.6. The molecule has 0 aliphatic rings. The monoisotopic (exact) mass is 349 g/mol. The lowest BCUT2D eigenvalue weighted by molar-refractivity contribution is 0.0782. The summed E-state index contributed by atoms with van der Waals surface area (Å²) >= 11 is 0. The normalized spacial score (nSPS) is 11.0. The van der Waals surface area contributed by atoms with Gasteiger partial charge < -0.3 is 4.90 Å². The molecule has 1 N–H and O–H groups in total. The number of benzene rings is 1. The van der Waals surface area contributed by atoms with Crippen molar-refractivity contribution >= 4 is 11.7 Å². The van der Waals surface area contributed by atoms with Crippen LogP contribution in [0.15, 0.2) is 60.0 Å². The summed E-state index contributed by atoms with van der Waals surface area (Å²) in [5.41, 5.74) is 1.32. The molecular formula is C17H15N7O2. The largest absolute Gasteiger partial charge is 0.337 e. The van der Waals surface area contributed by atoms with Crippen LogP contribution in [0.1, 0.15) is 15.9 Å². The lowest BCUT2D eigenvalue weighted by atomic mass is 10.2. The van der Waals surface area contributed by atoms with Crippen LogP contribution in [0.25, 0.3) is 11.5 Å². The van der Waals surface area contributed by atoms with Crippen molar-refractivity contribution in [2.24, 2.45) is 0 Å². The zero-order valence-corrected chi connectivity index (χ0v) is 13.9. The summed E-state index contributed by atoms with van der Waals surface area (Å²) in [7, 11) is 1.64. The van der Waals surface area contributed by atoms with Crippen LogP contribution < -0.4 is 5.56 Å². The van der Waals surface area contributed by atoms with E-state index in [1.54, 1.807) is 17.9 Å². The molecule has 0 atom stereocenters. The van der Waals surface area contributed by atoms with Crippen LogP contribution >= 0.6 is 0 Å². The number of carbonyl (C=O) groups is 1. The molecule has 9 nitrogen and oxygen atoms in total. The average Bonchev–Trinajstić information content (AvgIpc) is 3.34. The van der Waals surface area contributed by atoms with E-state index in [4.69, 9.17) is 0 Å². The summed E-state index contributed by atoms with van der Waals surface area (Å²) < 4.78 is 2.88. The van der Waals surface area contributed by atoms with Gasteiger partial charge in [-0.15, -0.1) is 0 Å². The van der Waals surface area contributed by atoms with Crippen molar-refractivity contribution in [3.05, 3.63) is 76.7 Å². The van der Waals surface area contributed by atoms with Gasteiger partial charge in [-0.3, -0.25) is 14.7 Å². The van der Waals surface area contributed by atoms with Crippen molar-refractivity contribution in [1.29, 1.82) is 0 Å². The molecule has 0 saturated heterocycles. The molecular weight excluding hydrogens is 334 g/mol. The molecule has 9 heteroatoms. The molecule has 26 heavy (non-hydrogen) atoms. The summed E-state index contributed by atoms with van der Waals surface area (Å²) in [6.45, 7) is 0.346. The topological polar surface area (TPSA) is 101 Å². The Bertz CT molecular complexity index is 1130. The Morgan fingerprint density at radius 1 is 1.27 bits per heavy atom. The zero-order chi connectivity index (χ0) is 18.1. The predicted molar refractivity (Wildman–Crippen MR) is 93.0 cm³/mol. The molecule has 0 spiro atoms. The summed E-state index contributed by atoms with van der Waals surface area (Å²) in [5, 5.41) is 6.84. The maximum absolute atomic E-state index is 12.7. The number of amides is 1. The third kappa shape index (κ3) is 2.75. The van der Waals surface area contributed by atoms with E-state index in [1.807, 2.05) is 36.5 Å². The van der Waals surface area contributed by atoms with Crippen molar-refractivity contribution in [3.8, 4) is 5.69 Å². The highest BCUT2D eigenvalue weighted by atomic mass is 16.2. The number of hydrogen-bond acceptors (Lipinski definition) is 5. The minimum atomic E-state index is -0.477. The van der Waals surface area contributed by atoms with Crippen LogP contribution in [0, 0.1) is 0 Å². The second-order valence-electron chi connectivity index (χ2n) is 5.78. The zero-order valence-electron chi connectivity index (χ0n) is 13.9. The Morgan fingerprint density at radius 3 is 2.96 bits per heavy atom. The molecule has 3 heterocycles. The standard InChI is InChI=1S/C17H15N7O2/c1-22(10-12-4-2-5-13(8-12)23-7-3-6-20-23)15(25)14-9-18-17-19-11-21-24(17)16(14)26/h2-9,11H,10H2,1H3,(H,18,19,21). The Hall–Kier alpha value is -3.75. The molecule has 0 unspecified atom stereocenters. The van der Waals surface area contributed by atoms with Gasteiger partial charge in [0, 0.05) is 32.2 Å². The Labute approximate surface area is 147 Å². The molecule has 0 saturated carbocycles. The molecule has 1 amide bonds. The van der Waals surface area contributed by atoms with E-state index in [-0.39, 0.29) is 11.3 Å². The SMILES string of the molecule is CN(Cc1cccc(-n2cccn2)c1)C(=O)c1cnc2nc[nH]n2c1=O. The van der Waals surface area contributed by atoms with Crippen molar-refractivity contribution in [2.45, 2.75) is 6.54 Å². The number of H-pyrrole nitrogens is 1. The minimum Gasteiger partial charge on any atom is -0.337 e. The van der Waals surface area contributed by atoms with Crippen molar-refractivity contribution in [1.82, 2.24) is 34.3 Å². The summed E-state index contributed by atoms with van der Waals surface area (Å²) in [4.78, 5) is 34.4. The summed E-state index contributed by atoms with van der Waals surface area (Å²) in [6, 6.07) is 9.53. The molecule has 0 aliphatic carbocycles. The van der Waals surface area contributed by atoms with Gasteiger partial charge in [-0.25, -0.2) is 14.6 Å². The Kier molecular flexibility index (Phi) is 3.81. The van der Waals surface area contributed by atoms with Gasteiger partial charge in [0.15, 0.2) is 0 Å². The van der Waals surface area contributed by atoms with Gasteiger partial charge >= 0.3 is 0 Å². The van der Waals surface area contributed by atoms with Crippen LogP contribution in [-0.4, -0.2) is 47.2 Å². The molecule has 130 valence electrons. The van der Waals surface area contributed by atoms with E-state index >= 15 is 0 Å². The van der Waals surface area contributed by atoms with E-state index < -0.39 is 11.5 Å². The van der Waals surface area contributed by atoms with E-state index in [1.165, 1.54) is 17.4 Å². The highest BCUT2D eigenvalue weighted by Crippen LogP contribution is 2.12. The maximum Gasteiger partial charge on any atom is 0.286 e. The van der Waals surface area contributed by atoms with Crippen LogP contribution in [0.3, 0.4) is 0 Å². The number of carbonyl (C=O) groups excluding carboxylic acids is 1. The molecule has 1 aromatic carbocycles. The average molecular weight is 349 g/mol. The third-order valence-corrected chi connectivity index (χ3v) is 3.99. The number of rotatable bonds is 4. The molecule has 0 aliphatic heterocycles. The van der Waals surface area contributed by atoms with Gasteiger partial charge in [0.05, 0.1) is 5.69 Å². The highest BCUT2D eigenvalue weighted by molar-refractivity contribution is 5.93. The third-order valence-electron chi connectivity index (χ3n) is 3.99. The highest BCUT2D eigenvalue weighted by Gasteiger charge is 2.18. The van der Waals surface area contributed by atoms with Gasteiger partial charge in [-0.05, 0) is 23.8 Å². The van der Waals surface area contributed by atoms with Crippen molar-refractivity contribution in [2.75, 3.05) is 7.05 Å². The molecule has 0 bridgehead atoms. The second kappa shape index (κ2) is 6.28. The van der Waals surface area contributed by atoms with Crippen molar-refractivity contribution < 1.29 is 4.79 Å². The summed E-state index contributed by atoms with van der Waals surface area (Å²) in [5.74, 6) is -0.183. The van der Waals surface area contributed by atoms with Crippen LogP contribution in [-0.2, 0) is 6.54 Å². The van der Waals surface area contributed by atoms with Gasteiger partial charge in [0.1, 0.15) is 11.9 Å². The van der Waals surface area contributed by atoms with Crippen molar-refractivity contribution in [3.63, 3.8) is 0 Å². The van der Waals surface area contributed by atoms with E-state index in [2.05, 4.69) is 20.2 Å².